The summed E-state index contributed by atoms with van der Waals surface area (Å²) in [5.74, 6) is 0.0910. The number of amides is 1. The summed E-state index contributed by atoms with van der Waals surface area (Å²) in [6.07, 6.45) is 4.90. The molecule has 28 heavy (non-hydrogen) atoms. The third-order valence-electron chi connectivity index (χ3n) is 6.23. The number of aliphatic hydroxyl groups is 1. The zero-order valence-corrected chi connectivity index (χ0v) is 16.5. The number of aryl methyl sites for hydroxylation is 1. The predicted octanol–water partition coefficient (Wildman–Crippen LogP) is 5.12. The molecule has 4 heteroatoms. The SMILES string of the molecule is C=CC(NC(=O)c1ccc2oc3ccc(C)cc3c2c1)C1CCC(O)(CC)C1. The second-order valence-corrected chi connectivity index (χ2v) is 8.13. The van der Waals surface area contributed by atoms with E-state index in [2.05, 4.69) is 18.0 Å². The van der Waals surface area contributed by atoms with Gasteiger partial charge in [0, 0.05) is 16.3 Å². The molecule has 1 aliphatic rings. The maximum absolute atomic E-state index is 12.9. The summed E-state index contributed by atoms with van der Waals surface area (Å²) < 4.78 is 5.89. The van der Waals surface area contributed by atoms with E-state index < -0.39 is 5.60 Å². The van der Waals surface area contributed by atoms with Crippen LogP contribution in [-0.2, 0) is 0 Å². The van der Waals surface area contributed by atoms with Crippen LogP contribution in [0.15, 0.2) is 53.5 Å². The Morgan fingerprint density at radius 1 is 1.32 bits per heavy atom. The van der Waals surface area contributed by atoms with Gasteiger partial charge in [-0.3, -0.25) is 4.79 Å². The van der Waals surface area contributed by atoms with E-state index in [9.17, 15) is 9.90 Å². The highest BCUT2D eigenvalue weighted by atomic mass is 16.3. The fraction of sp³-hybridized carbons (Fsp3) is 0.375. The van der Waals surface area contributed by atoms with Gasteiger partial charge in [-0.05, 0) is 68.9 Å². The fourth-order valence-electron chi connectivity index (χ4n) is 4.41. The number of furan rings is 1. The molecule has 1 aromatic heterocycles. The van der Waals surface area contributed by atoms with Crippen LogP contribution >= 0.6 is 0 Å². The molecule has 0 spiro atoms. The molecule has 0 saturated heterocycles. The molecule has 0 aliphatic heterocycles. The Balaban J connectivity index is 1.59. The summed E-state index contributed by atoms with van der Waals surface area (Å²) in [4.78, 5) is 12.9. The molecule has 2 aromatic carbocycles. The number of carbonyl (C=O) groups is 1. The van der Waals surface area contributed by atoms with Crippen LogP contribution in [0.4, 0.5) is 0 Å². The first kappa shape index (κ1) is 18.8. The van der Waals surface area contributed by atoms with Gasteiger partial charge in [0.05, 0.1) is 11.6 Å². The number of nitrogens with one attached hydrogen (secondary N) is 1. The lowest BCUT2D eigenvalue weighted by atomic mass is 9.93. The van der Waals surface area contributed by atoms with Crippen molar-refractivity contribution in [2.75, 3.05) is 0 Å². The van der Waals surface area contributed by atoms with Gasteiger partial charge in [0.1, 0.15) is 11.2 Å². The van der Waals surface area contributed by atoms with E-state index >= 15 is 0 Å². The molecule has 3 atom stereocenters. The number of benzene rings is 2. The molecule has 1 aliphatic carbocycles. The lowest BCUT2D eigenvalue weighted by molar-refractivity contribution is 0.0382. The van der Waals surface area contributed by atoms with Gasteiger partial charge in [0.2, 0.25) is 0 Å². The van der Waals surface area contributed by atoms with Crippen molar-refractivity contribution in [1.29, 1.82) is 0 Å². The van der Waals surface area contributed by atoms with Crippen LogP contribution < -0.4 is 5.32 Å². The Morgan fingerprint density at radius 2 is 2.04 bits per heavy atom. The third-order valence-corrected chi connectivity index (χ3v) is 6.23. The van der Waals surface area contributed by atoms with Crippen molar-refractivity contribution >= 4 is 27.8 Å². The molecule has 146 valence electrons. The molecule has 1 heterocycles. The highest BCUT2D eigenvalue weighted by molar-refractivity contribution is 6.08. The Labute approximate surface area is 165 Å². The molecule has 1 saturated carbocycles. The number of rotatable bonds is 5. The summed E-state index contributed by atoms with van der Waals surface area (Å²) >= 11 is 0. The normalized spacial score (nSPS) is 23.2. The van der Waals surface area contributed by atoms with Gasteiger partial charge in [-0.25, -0.2) is 0 Å². The van der Waals surface area contributed by atoms with Gasteiger partial charge in [0.25, 0.3) is 5.91 Å². The van der Waals surface area contributed by atoms with Crippen LogP contribution in [0.1, 0.15) is 48.5 Å². The van der Waals surface area contributed by atoms with Crippen LogP contribution in [0, 0.1) is 12.8 Å². The summed E-state index contributed by atoms with van der Waals surface area (Å²) in [5.41, 5.74) is 2.75. The van der Waals surface area contributed by atoms with Gasteiger partial charge < -0.3 is 14.8 Å². The predicted molar refractivity (Wildman–Crippen MR) is 112 cm³/mol. The minimum atomic E-state index is -0.608. The van der Waals surface area contributed by atoms with Gasteiger partial charge in [-0.2, -0.15) is 0 Å². The number of hydrogen-bond acceptors (Lipinski definition) is 3. The number of carbonyl (C=O) groups excluding carboxylic acids is 1. The van der Waals surface area contributed by atoms with E-state index in [4.69, 9.17) is 4.42 Å². The second kappa shape index (κ2) is 7.10. The van der Waals surface area contributed by atoms with Crippen LogP contribution in [0.3, 0.4) is 0 Å². The largest absolute Gasteiger partial charge is 0.456 e. The van der Waals surface area contributed by atoms with Crippen molar-refractivity contribution < 1.29 is 14.3 Å². The van der Waals surface area contributed by atoms with Crippen LogP contribution in [0.25, 0.3) is 21.9 Å². The van der Waals surface area contributed by atoms with Gasteiger partial charge >= 0.3 is 0 Å². The quantitative estimate of drug-likeness (QED) is 0.607. The maximum Gasteiger partial charge on any atom is 0.251 e. The standard InChI is InChI=1S/C24H27NO3/c1-4-20(17-10-11-24(27,5-2)14-17)25-23(26)16-7-9-22-19(13-16)18-12-15(3)6-8-21(18)28-22/h4,6-9,12-13,17,20,27H,1,5,10-11,14H2,2-3H3,(H,25,26). The maximum atomic E-state index is 12.9. The molecule has 4 rings (SSSR count). The van der Waals surface area contributed by atoms with Crippen molar-refractivity contribution in [1.82, 2.24) is 5.32 Å². The van der Waals surface area contributed by atoms with Gasteiger partial charge in [-0.15, -0.1) is 6.58 Å². The van der Waals surface area contributed by atoms with Crippen molar-refractivity contribution in [3.63, 3.8) is 0 Å². The van der Waals surface area contributed by atoms with Crippen molar-refractivity contribution in [2.24, 2.45) is 5.92 Å². The molecule has 0 radical (unpaired) electrons. The van der Waals surface area contributed by atoms with Crippen LogP contribution in [0.2, 0.25) is 0 Å². The van der Waals surface area contributed by atoms with Crippen LogP contribution in [0.5, 0.6) is 0 Å². The van der Waals surface area contributed by atoms with Gasteiger partial charge in [0.15, 0.2) is 0 Å². The molecule has 1 amide bonds. The highest BCUT2D eigenvalue weighted by Gasteiger charge is 2.38. The minimum Gasteiger partial charge on any atom is -0.456 e. The van der Waals surface area contributed by atoms with Crippen LogP contribution in [-0.4, -0.2) is 22.7 Å². The molecule has 3 unspecified atom stereocenters. The monoisotopic (exact) mass is 377 g/mol. The summed E-state index contributed by atoms with van der Waals surface area (Å²) in [7, 11) is 0. The minimum absolute atomic E-state index is 0.124. The summed E-state index contributed by atoms with van der Waals surface area (Å²) in [6.45, 7) is 7.96. The average Bonchev–Trinajstić information content (AvgIpc) is 3.26. The Morgan fingerprint density at radius 3 is 2.71 bits per heavy atom. The second-order valence-electron chi connectivity index (χ2n) is 8.13. The Kier molecular flexibility index (Phi) is 4.76. The highest BCUT2D eigenvalue weighted by Crippen LogP contribution is 2.39. The Bertz CT molecular complexity index is 1050. The fourth-order valence-corrected chi connectivity index (χ4v) is 4.41. The van der Waals surface area contributed by atoms with Crippen molar-refractivity contribution in [3.05, 3.63) is 60.2 Å². The van der Waals surface area contributed by atoms with Crippen molar-refractivity contribution in [2.45, 2.75) is 51.2 Å². The summed E-state index contributed by atoms with van der Waals surface area (Å²) in [6, 6.07) is 11.5. The molecule has 3 aromatic rings. The zero-order chi connectivity index (χ0) is 19.9. The average molecular weight is 377 g/mol. The first-order valence-electron chi connectivity index (χ1n) is 10.0. The lowest BCUT2D eigenvalue weighted by Crippen LogP contribution is -2.39. The Hall–Kier alpha value is -2.59. The molecule has 1 fully saturated rings. The number of fused-ring (bicyclic) bond motifs is 3. The topological polar surface area (TPSA) is 62.5 Å². The summed E-state index contributed by atoms with van der Waals surface area (Å²) in [5, 5.41) is 15.6. The molecule has 2 N–H and O–H groups in total. The lowest BCUT2D eigenvalue weighted by Gasteiger charge is -2.24. The van der Waals surface area contributed by atoms with E-state index in [1.54, 1.807) is 12.1 Å². The van der Waals surface area contributed by atoms with Crippen molar-refractivity contribution in [3.8, 4) is 0 Å². The third kappa shape index (κ3) is 3.33. The van der Waals surface area contributed by atoms with E-state index in [1.165, 1.54) is 0 Å². The number of hydrogen-bond donors (Lipinski definition) is 2. The van der Waals surface area contributed by atoms with E-state index in [-0.39, 0.29) is 17.9 Å². The van der Waals surface area contributed by atoms with E-state index in [1.807, 2.05) is 38.1 Å². The smallest absolute Gasteiger partial charge is 0.251 e. The first-order chi connectivity index (χ1) is 13.4. The van der Waals surface area contributed by atoms with E-state index in [0.717, 1.165) is 46.8 Å². The molecule has 0 bridgehead atoms. The van der Waals surface area contributed by atoms with E-state index in [0.29, 0.717) is 12.0 Å². The molecular formula is C24H27NO3. The molecule has 4 nitrogen and oxygen atoms in total. The molecular weight excluding hydrogens is 350 g/mol. The zero-order valence-electron chi connectivity index (χ0n) is 16.5. The van der Waals surface area contributed by atoms with Gasteiger partial charge in [-0.1, -0.05) is 24.6 Å². The first-order valence-corrected chi connectivity index (χ1v) is 10.0.